The van der Waals surface area contributed by atoms with Gasteiger partial charge in [0.25, 0.3) is 0 Å². The number of hydrogen-bond acceptors (Lipinski definition) is 4. The number of nitrogens with zero attached hydrogens (tertiary/aromatic N) is 2. The molecule has 0 bridgehead atoms. The van der Waals surface area contributed by atoms with Crippen LogP contribution in [0.2, 0.25) is 0 Å². The Balaban J connectivity index is 0.00000272. The fourth-order valence-corrected chi connectivity index (χ4v) is 3.63. The number of para-hydroxylation sites is 2. The van der Waals surface area contributed by atoms with Crippen molar-refractivity contribution in [2.75, 3.05) is 26.7 Å². The summed E-state index contributed by atoms with van der Waals surface area (Å²) in [4.78, 5) is 18.0. The monoisotopic (exact) mass is 536 g/mol. The second-order valence-corrected chi connectivity index (χ2v) is 7.54. The molecule has 2 aromatic carbocycles. The number of likely N-dealkylation sites (tertiary alicyclic amines) is 1. The summed E-state index contributed by atoms with van der Waals surface area (Å²) in [6.45, 7) is 3.32. The van der Waals surface area contributed by atoms with E-state index in [0.29, 0.717) is 38.6 Å². The van der Waals surface area contributed by atoms with Crippen molar-refractivity contribution in [2.24, 2.45) is 4.99 Å². The number of halogens is 1. The number of benzene rings is 2. The number of guanidine groups is 1. The molecule has 0 radical (unpaired) electrons. The van der Waals surface area contributed by atoms with Crippen LogP contribution in [0, 0.1) is 0 Å². The van der Waals surface area contributed by atoms with Gasteiger partial charge in [-0.15, -0.1) is 24.0 Å². The molecule has 0 aliphatic carbocycles. The zero-order valence-electron chi connectivity index (χ0n) is 17.7. The van der Waals surface area contributed by atoms with Crippen LogP contribution in [0.15, 0.2) is 53.5 Å². The van der Waals surface area contributed by atoms with Gasteiger partial charge in [-0.1, -0.05) is 36.4 Å². The van der Waals surface area contributed by atoms with Crippen molar-refractivity contribution in [3.05, 3.63) is 59.7 Å². The Labute approximate surface area is 200 Å². The molecule has 166 valence electrons. The fraction of sp³-hybridized carbons (Fsp3) is 0.391. The quantitative estimate of drug-likeness (QED) is 0.338. The summed E-state index contributed by atoms with van der Waals surface area (Å²) in [5.41, 5.74) is 2.31. The predicted octanol–water partition coefficient (Wildman–Crippen LogP) is 2.93. The van der Waals surface area contributed by atoms with E-state index < -0.39 is 0 Å². The van der Waals surface area contributed by atoms with Gasteiger partial charge in [0.1, 0.15) is 12.7 Å². The third kappa shape index (κ3) is 6.25. The van der Waals surface area contributed by atoms with E-state index in [1.165, 1.54) is 0 Å². The number of carbonyl (C=O) groups is 1. The van der Waals surface area contributed by atoms with E-state index in [4.69, 9.17) is 9.47 Å². The van der Waals surface area contributed by atoms with Crippen LogP contribution in [0.3, 0.4) is 0 Å². The van der Waals surface area contributed by atoms with Crippen molar-refractivity contribution >= 4 is 35.8 Å². The molecule has 2 N–H and O–H groups in total. The van der Waals surface area contributed by atoms with Gasteiger partial charge in [0.05, 0.1) is 6.54 Å². The molecule has 2 aliphatic heterocycles. The SMILES string of the molecule is CN=C(NCc1ccc(CN2CCCC2=O)cc1)NCC1COc2ccccc2O1.I. The van der Waals surface area contributed by atoms with Crippen LogP contribution in [-0.2, 0) is 17.9 Å². The summed E-state index contributed by atoms with van der Waals surface area (Å²) in [6, 6.07) is 16.0. The van der Waals surface area contributed by atoms with Gasteiger partial charge in [-0.05, 0) is 29.7 Å². The van der Waals surface area contributed by atoms with Crippen LogP contribution >= 0.6 is 24.0 Å². The van der Waals surface area contributed by atoms with E-state index in [1.54, 1.807) is 7.05 Å². The van der Waals surface area contributed by atoms with Crippen LogP contribution in [0.4, 0.5) is 0 Å². The highest BCUT2D eigenvalue weighted by Gasteiger charge is 2.21. The number of hydrogen-bond donors (Lipinski definition) is 2. The molecule has 2 aromatic rings. The van der Waals surface area contributed by atoms with Crippen LogP contribution in [0.25, 0.3) is 0 Å². The maximum absolute atomic E-state index is 11.8. The largest absolute Gasteiger partial charge is 0.486 e. The lowest BCUT2D eigenvalue weighted by Gasteiger charge is -2.27. The normalized spacial score (nSPS) is 17.8. The number of amides is 1. The van der Waals surface area contributed by atoms with Crippen molar-refractivity contribution < 1.29 is 14.3 Å². The molecule has 1 atom stereocenters. The first-order valence-corrected chi connectivity index (χ1v) is 10.4. The van der Waals surface area contributed by atoms with Gasteiger partial charge in [-0.2, -0.15) is 0 Å². The van der Waals surface area contributed by atoms with Gasteiger partial charge < -0.3 is 25.0 Å². The lowest BCUT2D eigenvalue weighted by Crippen LogP contribution is -2.45. The summed E-state index contributed by atoms with van der Waals surface area (Å²) in [6.07, 6.45) is 1.57. The molecule has 1 amide bonds. The second-order valence-electron chi connectivity index (χ2n) is 7.54. The highest BCUT2D eigenvalue weighted by Crippen LogP contribution is 2.30. The number of rotatable bonds is 6. The molecule has 0 aromatic heterocycles. The zero-order valence-corrected chi connectivity index (χ0v) is 20.0. The van der Waals surface area contributed by atoms with E-state index in [-0.39, 0.29) is 36.0 Å². The summed E-state index contributed by atoms with van der Waals surface area (Å²) >= 11 is 0. The van der Waals surface area contributed by atoms with E-state index >= 15 is 0 Å². The van der Waals surface area contributed by atoms with Gasteiger partial charge in [0.2, 0.25) is 5.91 Å². The number of ether oxygens (including phenoxy) is 2. The minimum absolute atomic E-state index is 0. The second kappa shape index (κ2) is 11.2. The highest BCUT2D eigenvalue weighted by molar-refractivity contribution is 14.0. The molecule has 0 saturated carbocycles. The van der Waals surface area contributed by atoms with Gasteiger partial charge >= 0.3 is 0 Å². The lowest BCUT2D eigenvalue weighted by molar-refractivity contribution is -0.128. The van der Waals surface area contributed by atoms with E-state index in [9.17, 15) is 4.79 Å². The van der Waals surface area contributed by atoms with E-state index in [2.05, 4.69) is 39.9 Å². The van der Waals surface area contributed by atoms with Gasteiger partial charge in [-0.25, -0.2) is 0 Å². The third-order valence-electron chi connectivity index (χ3n) is 5.32. The maximum Gasteiger partial charge on any atom is 0.222 e. The Hall–Kier alpha value is -2.49. The smallest absolute Gasteiger partial charge is 0.222 e. The minimum Gasteiger partial charge on any atom is -0.486 e. The van der Waals surface area contributed by atoms with Crippen molar-refractivity contribution in [3.8, 4) is 11.5 Å². The van der Waals surface area contributed by atoms with Crippen molar-refractivity contribution in [2.45, 2.75) is 32.0 Å². The first-order valence-electron chi connectivity index (χ1n) is 10.4. The molecule has 2 heterocycles. The van der Waals surface area contributed by atoms with Crippen molar-refractivity contribution in [1.82, 2.24) is 15.5 Å². The minimum atomic E-state index is -0.0777. The Kier molecular flexibility index (Phi) is 8.39. The molecule has 1 saturated heterocycles. The Bertz CT molecular complexity index is 904. The molecule has 7 nitrogen and oxygen atoms in total. The van der Waals surface area contributed by atoms with Crippen LogP contribution in [-0.4, -0.2) is 49.6 Å². The maximum atomic E-state index is 11.8. The molecule has 31 heavy (non-hydrogen) atoms. The van der Waals surface area contributed by atoms with E-state index in [0.717, 1.165) is 35.6 Å². The fourth-order valence-electron chi connectivity index (χ4n) is 3.63. The summed E-state index contributed by atoms with van der Waals surface area (Å²) in [5.74, 6) is 2.53. The van der Waals surface area contributed by atoms with Gasteiger partial charge in [0, 0.05) is 33.1 Å². The molecule has 4 rings (SSSR count). The third-order valence-corrected chi connectivity index (χ3v) is 5.32. The molecule has 1 unspecified atom stereocenters. The van der Waals surface area contributed by atoms with Crippen molar-refractivity contribution in [3.63, 3.8) is 0 Å². The Morgan fingerprint density at radius 1 is 1.10 bits per heavy atom. The standard InChI is InChI=1S/C23H28N4O3.HI/c1-24-23(26-14-19-16-29-20-5-2-3-6-21(20)30-19)25-13-17-8-10-18(11-9-17)15-27-12-4-7-22(27)28;/h2-3,5-6,8-11,19H,4,7,12-16H2,1H3,(H2,24,25,26);1H. The van der Waals surface area contributed by atoms with Crippen LogP contribution in [0.5, 0.6) is 11.5 Å². The summed E-state index contributed by atoms with van der Waals surface area (Å²) < 4.78 is 11.7. The van der Waals surface area contributed by atoms with Crippen molar-refractivity contribution in [1.29, 1.82) is 0 Å². The van der Waals surface area contributed by atoms with Crippen LogP contribution < -0.4 is 20.1 Å². The zero-order chi connectivity index (χ0) is 20.8. The first kappa shape index (κ1) is 23.2. The Morgan fingerprint density at radius 3 is 2.55 bits per heavy atom. The van der Waals surface area contributed by atoms with Gasteiger partial charge in [-0.3, -0.25) is 9.79 Å². The number of fused-ring (bicyclic) bond motifs is 1. The average molecular weight is 536 g/mol. The topological polar surface area (TPSA) is 75.2 Å². The number of aliphatic imine (C=N–C) groups is 1. The first-order chi connectivity index (χ1) is 14.7. The molecular formula is C23H29IN4O3. The summed E-state index contributed by atoms with van der Waals surface area (Å²) in [5, 5.41) is 6.62. The average Bonchev–Trinajstić information content (AvgIpc) is 3.19. The van der Waals surface area contributed by atoms with E-state index in [1.807, 2.05) is 29.2 Å². The summed E-state index contributed by atoms with van der Waals surface area (Å²) in [7, 11) is 1.75. The molecule has 0 spiro atoms. The van der Waals surface area contributed by atoms with Crippen LogP contribution in [0.1, 0.15) is 24.0 Å². The molecule has 2 aliphatic rings. The number of nitrogens with one attached hydrogen (secondary N) is 2. The molecular weight excluding hydrogens is 507 g/mol. The van der Waals surface area contributed by atoms with Gasteiger partial charge in [0.15, 0.2) is 17.5 Å². The number of carbonyl (C=O) groups excluding carboxylic acids is 1. The predicted molar refractivity (Wildman–Crippen MR) is 131 cm³/mol. The lowest BCUT2D eigenvalue weighted by atomic mass is 10.1. The highest BCUT2D eigenvalue weighted by atomic mass is 127. The molecule has 1 fully saturated rings. The Morgan fingerprint density at radius 2 is 1.84 bits per heavy atom. The molecule has 8 heteroatoms.